The monoisotopic (exact) mass is 213 g/mol. The summed E-state index contributed by atoms with van der Waals surface area (Å²) in [5.41, 5.74) is 6.66. The third-order valence-electron chi connectivity index (χ3n) is 2.36. The Morgan fingerprint density at radius 3 is 2.64 bits per heavy atom. The van der Waals surface area contributed by atoms with Crippen LogP contribution in [0.4, 0.5) is 5.13 Å². The summed E-state index contributed by atoms with van der Waals surface area (Å²) in [5.74, 6) is 0. The van der Waals surface area contributed by atoms with E-state index in [1.165, 1.54) is 4.88 Å². The molecule has 0 fully saturated rings. The predicted octanol–water partition coefficient (Wildman–Crippen LogP) is 2.30. The van der Waals surface area contributed by atoms with Gasteiger partial charge in [-0.1, -0.05) is 6.92 Å². The average Bonchev–Trinajstić information content (AvgIpc) is 2.45. The van der Waals surface area contributed by atoms with Gasteiger partial charge in [0.05, 0.1) is 5.69 Å². The Labute approximate surface area is 89.7 Å². The van der Waals surface area contributed by atoms with Crippen LogP contribution < -0.4 is 11.1 Å². The maximum absolute atomic E-state index is 5.54. The van der Waals surface area contributed by atoms with Crippen LogP contribution in [0.2, 0.25) is 0 Å². The minimum Gasteiger partial charge on any atom is -0.359 e. The lowest BCUT2D eigenvalue weighted by Gasteiger charge is -2.14. The topological polar surface area (TPSA) is 50.9 Å². The number of rotatable bonds is 5. The Kier molecular flexibility index (Phi) is 4.35. The van der Waals surface area contributed by atoms with Crippen LogP contribution in [0.1, 0.15) is 30.3 Å². The molecule has 0 bridgehead atoms. The Balaban J connectivity index is 2.57. The molecule has 1 rings (SSSR count). The van der Waals surface area contributed by atoms with Crippen molar-refractivity contribution in [2.75, 3.05) is 11.9 Å². The van der Waals surface area contributed by atoms with Crippen LogP contribution in [0.15, 0.2) is 0 Å². The predicted molar refractivity (Wildman–Crippen MR) is 63.0 cm³/mol. The molecule has 0 aliphatic rings. The van der Waals surface area contributed by atoms with E-state index in [9.17, 15) is 0 Å². The molecular weight excluding hydrogens is 194 g/mol. The first-order valence-corrected chi connectivity index (χ1v) is 5.89. The molecule has 1 heterocycles. The number of thiazole rings is 1. The molecule has 0 radical (unpaired) electrons. The molecule has 0 spiro atoms. The van der Waals surface area contributed by atoms with Crippen LogP contribution in [0.3, 0.4) is 0 Å². The molecule has 1 unspecified atom stereocenters. The van der Waals surface area contributed by atoms with E-state index < -0.39 is 0 Å². The molecule has 0 saturated carbocycles. The number of nitrogens with two attached hydrogens (primary N) is 1. The van der Waals surface area contributed by atoms with Crippen molar-refractivity contribution >= 4 is 16.5 Å². The van der Waals surface area contributed by atoms with Gasteiger partial charge in [-0.15, -0.1) is 11.3 Å². The van der Waals surface area contributed by atoms with Gasteiger partial charge in [-0.05, 0) is 33.2 Å². The van der Waals surface area contributed by atoms with E-state index in [0.717, 1.165) is 30.2 Å². The molecule has 1 aromatic heterocycles. The van der Waals surface area contributed by atoms with Crippen LogP contribution in [0, 0.1) is 13.8 Å². The van der Waals surface area contributed by atoms with Gasteiger partial charge in [0.15, 0.2) is 5.13 Å². The van der Waals surface area contributed by atoms with Crippen LogP contribution >= 0.6 is 11.3 Å². The Morgan fingerprint density at radius 1 is 1.50 bits per heavy atom. The number of anilines is 1. The minimum atomic E-state index is 0.463. The fraction of sp³-hybridized carbons (Fsp3) is 0.700. The summed E-state index contributed by atoms with van der Waals surface area (Å²) in [6.07, 6.45) is 2.10. The van der Waals surface area contributed by atoms with E-state index in [4.69, 9.17) is 5.73 Å². The first-order valence-electron chi connectivity index (χ1n) is 5.08. The van der Waals surface area contributed by atoms with E-state index in [1.807, 2.05) is 6.92 Å². The highest BCUT2D eigenvalue weighted by Gasteiger charge is 2.08. The molecular formula is C10H19N3S. The Hall–Kier alpha value is -0.610. The van der Waals surface area contributed by atoms with Crippen LogP contribution in [-0.2, 0) is 0 Å². The van der Waals surface area contributed by atoms with Gasteiger partial charge in [0.25, 0.3) is 0 Å². The van der Waals surface area contributed by atoms with E-state index in [2.05, 4.69) is 24.1 Å². The summed E-state index contributed by atoms with van der Waals surface area (Å²) in [6.45, 7) is 7.04. The highest BCUT2D eigenvalue weighted by molar-refractivity contribution is 7.15. The van der Waals surface area contributed by atoms with Crippen LogP contribution in [0.25, 0.3) is 0 Å². The van der Waals surface area contributed by atoms with Crippen molar-refractivity contribution in [1.82, 2.24) is 4.98 Å². The number of nitrogens with zero attached hydrogens (tertiary/aromatic N) is 1. The van der Waals surface area contributed by atoms with Crippen molar-refractivity contribution < 1.29 is 0 Å². The molecule has 1 atom stereocenters. The van der Waals surface area contributed by atoms with Crippen molar-refractivity contribution in [1.29, 1.82) is 0 Å². The highest BCUT2D eigenvalue weighted by Crippen LogP contribution is 2.22. The van der Waals surface area contributed by atoms with Gasteiger partial charge in [0.2, 0.25) is 0 Å². The van der Waals surface area contributed by atoms with Crippen LogP contribution in [-0.4, -0.2) is 17.6 Å². The van der Waals surface area contributed by atoms with Gasteiger partial charge in [-0.2, -0.15) is 0 Å². The van der Waals surface area contributed by atoms with Gasteiger partial charge in [0, 0.05) is 10.9 Å². The van der Waals surface area contributed by atoms with Gasteiger partial charge in [0.1, 0.15) is 0 Å². The molecule has 1 aromatic rings. The fourth-order valence-corrected chi connectivity index (χ4v) is 2.18. The lowest BCUT2D eigenvalue weighted by molar-refractivity contribution is 0.641. The molecule has 4 heteroatoms. The first-order chi connectivity index (χ1) is 6.67. The SMILES string of the molecule is CCC(CCN)Nc1nc(C)c(C)s1. The second-order valence-corrected chi connectivity index (χ2v) is 4.69. The maximum Gasteiger partial charge on any atom is 0.183 e. The number of aromatic nitrogens is 1. The number of aryl methyl sites for hydroxylation is 2. The molecule has 0 saturated heterocycles. The lowest BCUT2D eigenvalue weighted by atomic mass is 10.1. The lowest BCUT2D eigenvalue weighted by Crippen LogP contribution is -2.22. The third kappa shape index (κ3) is 2.96. The Bertz CT molecular complexity index is 263. The number of nitrogens with one attached hydrogen (secondary N) is 1. The zero-order chi connectivity index (χ0) is 10.6. The maximum atomic E-state index is 5.54. The second kappa shape index (κ2) is 5.32. The first kappa shape index (κ1) is 11.5. The van der Waals surface area contributed by atoms with Crippen molar-refractivity contribution in [2.45, 2.75) is 39.7 Å². The molecule has 0 amide bonds. The standard InChI is InChI=1S/C10H19N3S/c1-4-9(5-6-11)13-10-12-7(2)8(3)14-10/h9H,4-6,11H2,1-3H3,(H,12,13). The van der Waals surface area contributed by atoms with Crippen molar-refractivity contribution in [3.63, 3.8) is 0 Å². The molecule has 80 valence electrons. The Morgan fingerprint density at radius 2 is 2.21 bits per heavy atom. The van der Waals surface area contributed by atoms with E-state index in [-0.39, 0.29) is 0 Å². The largest absolute Gasteiger partial charge is 0.359 e. The zero-order valence-electron chi connectivity index (χ0n) is 9.13. The molecule has 0 aliphatic carbocycles. The summed E-state index contributed by atoms with van der Waals surface area (Å²) in [4.78, 5) is 5.73. The van der Waals surface area contributed by atoms with Crippen molar-refractivity contribution in [2.24, 2.45) is 5.73 Å². The van der Waals surface area contributed by atoms with E-state index in [0.29, 0.717) is 6.04 Å². The summed E-state index contributed by atoms with van der Waals surface area (Å²) < 4.78 is 0. The highest BCUT2D eigenvalue weighted by atomic mass is 32.1. The van der Waals surface area contributed by atoms with Gasteiger partial charge in [-0.3, -0.25) is 0 Å². The molecule has 3 nitrogen and oxygen atoms in total. The van der Waals surface area contributed by atoms with Gasteiger partial charge in [-0.25, -0.2) is 4.98 Å². The molecule has 0 aromatic carbocycles. The molecule has 3 N–H and O–H groups in total. The van der Waals surface area contributed by atoms with Gasteiger partial charge < -0.3 is 11.1 Å². The zero-order valence-corrected chi connectivity index (χ0v) is 9.95. The quantitative estimate of drug-likeness (QED) is 0.789. The third-order valence-corrected chi connectivity index (χ3v) is 3.37. The smallest absolute Gasteiger partial charge is 0.183 e. The number of hydrogen-bond acceptors (Lipinski definition) is 4. The van der Waals surface area contributed by atoms with E-state index >= 15 is 0 Å². The molecule has 14 heavy (non-hydrogen) atoms. The van der Waals surface area contributed by atoms with Gasteiger partial charge >= 0.3 is 0 Å². The summed E-state index contributed by atoms with van der Waals surface area (Å²) >= 11 is 1.72. The normalized spacial score (nSPS) is 12.9. The average molecular weight is 213 g/mol. The summed E-state index contributed by atoms with van der Waals surface area (Å²) in [7, 11) is 0. The number of hydrogen-bond donors (Lipinski definition) is 2. The van der Waals surface area contributed by atoms with E-state index in [1.54, 1.807) is 11.3 Å². The van der Waals surface area contributed by atoms with Crippen molar-refractivity contribution in [3.05, 3.63) is 10.6 Å². The summed E-state index contributed by atoms with van der Waals surface area (Å²) in [5, 5.41) is 4.45. The molecule has 0 aliphatic heterocycles. The fourth-order valence-electron chi connectivity index (χ4n) is 1.29. The second-order valence-electron chi connectivity index (χ2n) is 3.49. The van der Waals surface area contributed by atoms with Crippen LogP contribution in [0.5, 0.6) is 0 Å². The van der Waals surface area contributed by atoms with Crippen molar-refractivity contribution in [3.8, 4) is 0 Å². The summed E-state index contributed by atoms with van der Waals surface area (Å²) in [6, 6.07) is 0.463. The minimum absolute atomic E-state index is 0.463.